The van der Waals surface area contributed by atoms with E-state index in [1.54, 1.807) is 11.3 Å². The summed E-state index contributed by atoms with van der Waals surface area (Å²) in [4.78, 5) is 4.79. The van der Waals surface area contributed by atoms with Gasteiger partial charge in [-0.1, -0.05) is 12.1 Å². The second kappa shape index (κ2) is 3.55. The van der Waals surface area contributed by atoms with Crippen LogP contribution in [-0.2, 0) is 0 Å². The Morgan fingerprint density at radius 1 is 1.33 bits per heavy atom. The molecule has 1 saturated carbocycles. The quantitative estimate of drug-likeness (QED) is 0.740. The Labute approximate surface area is 108 Å². The fourth-order valence-electron chi connectivity index (χ4n) is 2.16. The number of fused-ring (bicyclic) bond motifs is 1. The van der Waals surface area contributed by atoms with Gasteiger partial charge in [0.25, 0.3) is 0 Å². The molecule has 0 atom stereocenters. The normalized spacial score (nSPS) is 15.3. The van der Waals surface area contributed by atoms with Crippen molar-refractivity contribution in [2.75, 3.05) is 5.73 Å². The van der Waals surface area contributed by atoms with Crippen molar-refractivity contribution in [2.24, 2.45) is 0 Å². The lowest BCUT2D eigenvalue weighted by atomic mass is 10.1. The van der Waals surface area contributed by atoms with Gasteiger partial charge in [-0.25, -0.2) is 4.98 Å². The molecule has 0 radical (unpaired) electrons. The highest BCUT2D eigenvalue weighted by Crippen LogP contribution is 2.44. The average molecular weight is 256 g/mol. The molecule has 0 unspecified atom stereocenters. The van der Waals surface area contributed by atoms with Crippen molar-refractivity contribution in [1.29, 1.82) is 0 Å². The first-order valence-electron chi connectivity index (χ1n) is 6.02. The van der Waals surface area contributed by atoms with Crippen molar-refractivity contribution >= 4 is 27.4 Å². The molecule has 1 fully saturated rings. The van der Waals surface area contributed by atoms with E-state index in [0.29, 0.717) is 11.7 Å². The molecule has 4 rings (SSSR count). The van der Waals surface area contributed by atoms with E-state index in [1.807, 2.05) is 6.07 Å². The van der Waals surface area contributed by atoms with Crippen LogP contribution in [0.15, 0.2) is 24.3 Å². The second-order valence-corrected chi connectivity index (χ2v) is 5.75. The van der Waals surface area contributed by atoms with Crippen LogP contribution in [0.1, 0.15) is 23.8 Å². The van der Waals surface area contributed by atoms with Crippen LogP contribution in [0, 0.1) is 0 Å². The maximum atomic E-state index is 5.66. The third-order valence-corrected chi connectivity index (χ3v) is 4.43. The van der Waals surface area contributed by atoms with Gasteiger partial charge in [0.05, 0.1) is 20.9 Å². The van der Waals surface area contributed by atoms with Crippen molar-refractivity contribution in [3.63, 3.8) is 0 Å². The summed E-state index contributed by atoms with van der Waals surface area (Å²) in [6.45, 7) is 0. The van der Waals surface area contributed by atoms with E-state index < -0.39 is 0 Å². The number of nitrogens with two attached hydrogens (primary N) is 1. The van der Waals surface area contributed by atoms with Crippen molar-refractivity contribution in [3.05, 3.63) is 29.3 Å². The smallest absolute Gasteiger partial charge is 0.145 e. The molecule has 3 aromatic rings. The second-order valence-electron chi connectivity index (χ2n) is 4.69. The number of hydrogen-bond acceptors (Lipinski definition) is 4. The van der Waals surface area contributed by atoms with Crippen molar-refractivity contribution in [1.82, 2.24) is 15.2 Å². The molecule has 2 heterocycles. The maximum absolute atomic E-state index is 5.66. The van der Waals surface area contributed by atoms with Gasteiger partial charge in [-0.3, -0.25) is 5.10 Å². The van der Waals surface area contributed by atoms with Crippen LogP contribution in [0.3, 0.4) is 0 Å². The number of anilines is 1. The molecule has 2 aromatic heterocycles. The average Bonchev–Trinajstić information content (AvgIpc) is 2.99. The van der Waals surface area contributed by atoms with E-state index in [-0.39, 0.29) is 0 Å². The largest absolute Gasteiger partial charge is 0.382 e. The summed E-state index contributed by atoms with van der Waals surface area (Å²) in [5.74, 6) is 1.21. The lowest BCUT2D eigenvalue weighted by Gasteiger charge is -1.97. The van der Waals surface area contributed by atoms with Crippen LogP contribution in [0.25, 0.3) is 21.5 Å². The fourth-order valence-corrected chi connectivity index (χ4v) is 3.33. The first-order chi connectivity index (χ1) is 8.81. The summed E-state index contributed by atoms with van der Waals surface area (Å²) in [5, 5.41) is 8.21. The number of nitrogen functional groups attached to an aromatic ring is 1. The summed E-state index contributed by atoms with van der Waals surface area (Å²) in [6, 6.07) is 8.10. The van der Waals surface area contributed by atoms with E-state index in [1.165, 1.54) is 22.5 Å². The molecule has 1 aromatic carbocycles. The Balaban J connectivity index is 1.93. The Morgan fingerprint density at radius 2 is 2.22 bits per heavy atom. The highest BCUT2D eigenvalue weighted by atomic mass is 32.1. The number of nitrogens with zero attached hydrogens (tertiary/aromatic N) is 2. The zero-order valence-corrected chi connectivity index (χ0v) is 10.5. The molecule has 1 aliphatic carbocycles. The SMILES string of the molecule is Nc1cc(-c2cccc3sc(C4CC4)nc23)[nH]n1. The van der Waals surface area contributed by atoms with Gasteiger partial charge >= 0.3 is 0 Å². The molecule has 18 heavy (non-hydrogen) atoms. The number of thiazole rings is 1. The molecule has 0 aliphatic heterocycles. The molecule has 0 bridgehead atoms. The Morgan fingerprint density at radius 3 is 2.94 bits per heavy atom. The highest BCUT2D eigenvalue weighted by Gasteiger charge is 2.27. The number of benzene rings is 1. The third kappa shape index (κ3) is 1.51. The molecule has 0 saturated heterocycles. The number of aromatic amines is 1. The predicted molar refractivity (Wildman–Crippen MR) is 73.6 cm³/mol. The van der Waals surface area contributed by atoms with Gasteiger partial charge in [0, 0.05) is 17.5 Å². The van der Waals surface area contributed by atoms with E-state index in [0.717, 1.165) is 16.8 Å². The molecule has 1 aliphatic rings. The number of hydrogen-bond donors (Lipinski definition) is 2. The molecule has 3 N–H and O–H groups in total. The Kier molecular flexibility index (Phi) is 1.99. The van der Waals surface area contributed by atoms with Gasteiger partial charge in [-0.2, -0.15) is 5.10 Å². The number of para-hydroxylation sites is 1. The van der Waals surface area contributed by atoms with Crippen LogP contribution < -0.4 is 5.73 Å². The summed E-state index contributed by atoms with van der Waals surface area (Å²) < 4.78 is 1.24. The van der Waals surface area contributed by atoms with Gasteiger partial charge in [-0.15, -0.1) is 11.3 Å². The van der Waals surface area contributed by atoms with E-state index >= 15 is 0 Å². The standard InChI is InChI=1S/C13H12N4S/c14-11-6-9(16-17-11)8-2-1-3-10-12(8)15-13(18-10)7-4-5-7/h1-3,6-7H,4-5H2,(H3,14,16,17). The number of aromatic nitrogens is 3. The summed E-state index contributed by atoms with van der Waals surface area (Å²) in [7, 11) is 0. The minimum atomic E-state index is 0.514. The molecular weight excluding hydrogens is 244 g/mol. The van der Waals surface area contributed by atoms with Crippen molar-refractivity contribution in [2.45, 2.75) is 18.8 Å². The Bertz CT molecular complexity index is 724. The lowest BCUT2D eigenvalue weighted by molar-refractivity contribution is 1.09. The van der Waals surface area contributed by atoms with E-state index in [2.05, 4.69) is 28.4 Å². The molecule has 90 valence electrons. The summed E-state index contributed by atoms with van der Waals surface area (Å²) in [6.07, 6.45) is 2.57. The topological polar surface area (TPSA) is 67.6 Å². The van der Waals surface area contributed by atoms with Gasteiger partial charge in [0.2, 0.25) is 0 Å². The van der Waals surface area contributed by atoms with Gasteiger partial charge in [-0.05, 0) is 18.9 Å². The third-order valence-electron chi connectivity index (χ3n) is 3.25. The van der Waals surface area contributed by atoms with Gasteiger partial charge in [0.15, 0.2) is 0 Å². The molecular formula is C13H12N4S. The summed E-state index contributed by atoms with van der Waals surface area (Å²) in [5.41, 5.74) is 8.75. The first-order valence-corrected chi connectivity index (χ1v) is 6.83. The van der Waals surface area contributed by atoms with E-state index in [9.17, 15) is 0 Å². The van der Waals surface area contributed by atoms with Crippen molar-refractivity contribution < 1.29 is 0 Å². The number of H-pyrrole nitrogens is 1. The molecule has 0 amide bonds. The molecule has 5 heteroatoms. The zero-order chi connectivity index (χ0) is 12.1. The number of nitrogens with one attached hydrogen (secondary N) is 1. The van der Waals surface area contributed by atoms with Crippen LogP contribution in [-0.4, -0.2) is 15.2 Å². The first kappa shape index (κ1) is 10.1. The van der Waals surface area contributed by atoms with Crippen LogP contribution in [0.2, 0.25) is 0 Å². The summed E-state index contributed by atoms with van der Waals surface area (Å²) >= 11 is 1.81. The predicted octanol–water partition coefficient (Wildman–Crippen LogP) is 3.15. The zero-order valence-electron chi connectivity index (χ0n) is 9.68. The van der Waals surface area contributed by atoms with E-state index in [4.69, 9.17) is 10.7 Å². The van der Waals surface area contributed by atoms with Gasteiger partial charge in [0.1, 0.15) is 5.82 Å². The minimum Gasteiger partial charge on any atom is -0.382 e. The Hall–Kier alpha value is -1.88. The fraction of sp³-hybridized carbons (Fsp3) is 0.231. The monoisotopic (exact) mass is 256 g/mol. The van der Waals surface area contributed by atoms with Crippen LogP contribution in [0.5, 0.6) is 0 Å². The highest BCUT2D eigenvalue weighted by molar-refractivity contribution is 7.18. The maximum Gasteiger partial charge on any atom is 0.145 e. The van der Waals surface area contributed by atoms with Crippen LogP contribution >= 0.6 is 11.3 Å². The van der Waals surface area contributed by atoms with Crippen molar-refractivity contribution in [3.8, 4) is 11.3 Å². The number of rotatable bonds is 2. The van der Waals surface area contributed by atoms with Crippen LogP contribution in [0.4, 0.5) is 5.82 Å². The van der Waals surface area contributed by atoms with Gasteiger partial charge < -0.3 is 5.73 Å². The minimum absolute atomic E-state index is 0.514. The molecule has 4 nitrogen and oxygen atoms in total. The molecule has 0 spiro atoms. The lowest BCUT2D eigenvalue weighted by Crippen LogP contribution is -1.81.